The minimum Gasteiger partial charge on any atom is -0.497 e. The largest absolute Gasteiger partial charge is 0.497 e. The van der Waals surface area contributed by atoms with Gasteiger partial charge < -0.3 is 20.7 Å². The average Bonchev–Trinajstić information content (AvgIpc) is 2.70. The Morgan fingerprint density at radius 3 is 2.00 bits per heavy atom. The van der Waals surface area contributed by atoms with Crippen LogP contribution in [0.2, 0.25) is 0 Å². The van der Waals surface area contributed by atoms with Crippen LogP contribution in [0, 0.1) is 0 Å². The molecule has 3 aromatic rings. The average molecular weight is 375 g/mol. The van der Waals surface area contributed by atoms with E-state index >= 15 is 0 Å². The molecule has 0 radical (unpaired) electrons. The second kappa shape index (κ2) is 9.23. The molecule has 0 aliphatic rings. The summed E-state index contributed by atoms with van der Waals surface area (Å²) in [6, 6.07) is 23.2. The number of hydrogen-bond donors (Lipinski definition) is 3. The Bertz CT molecular complexity index is 941. The summed E-state index contributed by atoms with van der Waals surface area (Å²) in [5.74, 6) is 0.588. The van der Waals surface area contributed by atoms with Crippen molar-refractivity contribution in [1.82, 2.24) is 0 Å². The highest BCUT2D eigenvalue weighted by atomic mass is 16.5. The van der Waals surface area contributed by atoms with Gasteiger partial charge in [-0.05, 0) is 54.1 Å². The van der Waals surface area contributed by atoms with Gasteiger partial charge in [0.25, 0.3) is 0 Å². The molecule has 3 aromatic carbocycles. The van der Waals surface area contributed by atoms with Crippen molar-refractivity contribution in [2.24, 2.45) is 0 Å². The Kier molecular flexibility index (Phi) is 6.25. The minimum atomic E-state index is -0.332. The number of hydrogen-bond acceptors (Lipinski definition) is 3. The zero-order chi connectivity index (χ0) is 19.8. The molecule has 28 heavy (non-hydrogen) atoms. The van der Waals surface area contributed by atoms with Crippen LogP contribution in [-0.4, -0.2) is 19.0 Å². The van der Waals surface area contributed by atoms with Gasteiger partial charge in [0.05, 0.1) is 13.5 Å². The van der Waals surface area contributed by atoms with E-state index in [1.807, 2.05) is 42.5 Å². The molecule has 6 nitrogen and oxygen atoms in total. The third kappa shape index (κ3) is 5.60. The molecule has 0 aromatic heterocycles. The van der Waals surface area contributed by atoms with Crippen molar-refractivity contribution in [1.29, 1.82) is 0 Å². The van der Waals surface area contributed by atoms with E-state index < -0.39 is 0 Å². The van der Waals surface area contributed by atoms with Crippen LogP contribution in [0.3, 0.4) is 0 Å². The predicted molar refractivity (Wildman–Crippen MR) is 111 cm³/mol. The number of anilines is 3. The fourth-order valence-electron chi connectivity index (χ4n) is 2.62. The van der Waals surface area contributed by atoms with Crippen molar-refractivity contribution < 1.29 is 14.3 Å². The lowest BCUT2D eigenvalue weighted by atomic mass is 10.1. The third-order valence-electron chi connectivity index (χ3n) is 3.96. The van der Waals surface area contributed by atoms with Crippen LogP contribution in [0.15, 0.2) is 78.9 Å². The summed E-state index contributed by atoms with van der Waals surface area (Å²) in [6.07, 6.45) is 0.247. The molecule has 0 spiro atoms. The highest BCUT2D eigenvalue weighted by molar-refractivity contribution is 6.00. The zero-order valence-corrected chi connectivity index (χ0v) is 15.4. The third-order valence-corrected chi connectivity index (χ3v) is 3.96. The van der Waals surface area contributed by atoms with Crippen LogP contribution < -0.4 is 20.7 Å². The maximum Gasteiger partial charge on any atom is 0.323 e. The second-order valence-corrected chi connectivity index (χ2v) is 6.10. The summed E-state index contributed by atoms with van der Waals surface area (Å²) in [5.41, 5.74) is 2.86. The molecule has 6 heteroatoms. The summed E-state index contributed by atoms with van der Waals surface area (Å²) >= 11 is 0. The quantitative estimate of drug-likeness (QED) is 0.593. The number of methoxy groups -OCH3 is 1. The fourth-order valence-corrected chi connectivity index (χ4v) is 2.62. The van der Waals surface area contributed by atoms with Gasteiger partial charge in [0, 0.05) is 17.1 Å². The number of ether oxygens (including phenoxy) is 1. The van der Waals surface area contributed by atoms with Gasteiger partial charge in [-0.15, -0.1) is 0 Å². The summed E-state index contributed by atoms with van der Waals surface area (Å²) in [7, 11) is 1.59. The molecule has 0 saturated heterocycles. The van der Waals surface area contributed by atoms with Crippen LogP contribution in [0.25, 0.3) is 0 Å². The Balaban J connectivity index is 1.52. The number of rotatable bonds is 6. The van der Waals surface area contributed by atoms with Crippen molar-refractivity contribution in [2.45, 2.75) is 6.42 Å². The lowest BCUT2D eigenvalue weighted by Gasteiger charge is -2.09. The molecular weight excluding hydrogens is 354 g/mol. The van der Waals surface area contributed by atoms with Gasteiger partial charge >= 0.3 is 6.03 Å². The predicted octanol–water partition coefficient (Wildman–Crippen LogP) is 4.52. The molecule has 3 N–H and O–H groups in total. The second-order valence-electron chi connectivity index (χ2n) is 6.10. The topological polar surface area (TPSA) is 79.5 Å². The van der Waals surface area contributed by atoms with Crippen molar-refractivity contribution in [3.8, 4) is 5.75 Å². The molecule has 3 rings (SSSR count). The molecular formula is C22H21N3O3. The number of amides is 3. The SMILES string of the molecule is COc1cccc(CC(=O)Nc2ccc(NC(=O)Nc3ccccc3)cc2)c1. The maximum absolute atomic E-state index is 12.2. The van der Waals surface area contributed by atoms with Crippen LogP contribution in [-0.2, 0) is 11.2 Å². The van der Waals surface area contributed by atoms with Gasteiger partial charge in [0.15, 0.2) is 0 Å². The summed E-state index contributed by atoms with van der Waals surface area (Å²) in [4.78, 5) is 24.2. The number of urea groups is 1. The number of carbonyl (C=O) groups is 2. The first-order valence-corrected chi connectivity index (χ1v) is 8.78. The monoisotopic (exact) mass is 375 g/mol. The lowest BCUT2D eigenvalue weighted by Crippen LogP contribution is -2.19. The van der Waals surface area contributed by atoms with Gasteiger partial charge in [-0.1, -0.05) is 30.3 Å². The van der Waals surface area contributed by atoms with E-state index in [4.69, 9.17) is 4.74 Å². The standard InChI is InChI=1S/C22H21N3O3/c1-28-20-9-5-6-16(14-20)15-21(26)23-18-10-12-19(13-11-18)25-22(27)24-17-7-3-2-4-8-17/h2-14H,15H2,1H3,(H,23,26)(H2,24,25,27). The Morgan fingerprint density at radius 1 is 0.750 bits per heavy atom. The minimum absolute atomic E-state index is 0.129. The van der Waals surface area contributed by atoms with Gasteiger partial charge in [-0.25, -0.2) is 4.79 Å². The molecule has 0 aliphatic carbocycles. The van der Waals surface area contributed by atoms with E-state index in [0.29, 0.717) is 17.1 Å². The fraction of sp³-hybridized carbons (Fsp3) is 0.0909. The lowest BCUT2D eigenvalue weighted by molar-refractivity contribution is -0.115. The van der Waals surface area contributed by atoms with Crippen molar-refractivity contribution in [2.75, 3.05) is 23.1 Å². The van der Waals surface area contributed by atoms with Crippen molar-refractivity contribution in [3.63, 3.8) is 0 Å². The Labute approximate surface area is 163 Å². The molecule has 0 bridgehead atoms. The molecule has 3 amide bonds. The number of nitrogens with one attached hydrogen (secondary N) is 3. The number of carbonyl (C=O) groups excluding carboxylic acids is 2. The van der Waals surface area contributed by atoms with Crippen LogP contribution in [0.5, 0.6) is 5.75 Å². The van der Waals surface area contributed by atoms with Gasteiger partial charge in [0.1, 0.15) is 5.75 Å². The smallest absolute Gasteiger partial charge is 0.323 e. The van der Waals surface area contributed by atoms with E-state index in [9.17, 15) is 9.59 Å². The maximum atomic E-state index is 12.2. The van der Waals surface area contributed by atoms with E-state index in [1.54, 1.807) is 43.5 Å². The molecule has 0 unspecified atom stereocenters. The van der Waals surface area contributed by atoms with Gasteiger partial charge in [-0.3, -0.25) is 4.79 Å². The molecule has 0 fully saturated rings. The summed E-state index contributed by atoms with van der Waals surface area (Å²) in [6.45, 7) is 0. The first kappa shape index (κ1) is 19.0. The van der Waals surface area contributed by atoms with Gasteiger partial charge in [0.2, 0.25) is 5.91 Å². The molecule has 0 aliphatic heterocycles. The van der Waals surface area contributed by atoms with Crippen molar-refractivity contribution in [3.05, 3.63) is 84.4 Å². The van der Waals surface area contributed by atoms with Crippen LogP contribution >= 0.6 is 0 Å². The molecule has 0 saturated carbocycles. The first-order chi connectivity index (χ1) is 13.6. The highest BCUT2D eigenvalue weighted by Gasteiger charge is 2.06. The van der Waals surface area contributed by atoms with E-state index in [0.717, 1.165) is 11.3 Å². The first-order valence-electron chi connectivity index (χ1n) is 8.78. The normalized spacial score (nSPS) is 10.0. The van der Waals surface area contributed by atoms with Crippen LogP contribution in [0.1, 0.15) is 5.56 Å². The van der Waals surface area contributed by atoms with E-state index in [1.165, 1.54) is 0 Å². The summed E-state index contributed by atoms with van der Waals surface area (Å²) < 4.78 is 5.17. The number of benzene rings is 3. The van der Waals surface area contributed by atoms with E-state index in [2.05, 4.69) is 16.0 Å². The number of para-hydroxylation sites is 1. The highest BCUT2D eigenvalue weighted by Crippen LogP contribution is 2.16. The molecule has 142 valence electrons. The molecule has 0 heterocycles. The summed E-state index contributed by atoms with van der Waals surface area (Å²) in [5, 5.41) is 8.33. The Morgan fingerprint density at radius 2 is 1.36 bits per heavy atom. The van der Waals surface area contributed by atoms with E-state index in [-0.39, 0.29) is 18.4 Å². The Hall–Kier alpha value is -3.80. The zero-order valence-electron chi connectivity index (χ0n) is 15.4. The van der Waals surface area contributed by atoms with Crippen molar-refractivity contribution >= 4 is 29.0 Å². The molecule has 0 atom stereocenters. The van der Waals surface area contributed by atoms with Gasteiger partial charge in [-0.2, -0.15) is 0 Å². The van der Waals surface area contributed by atoms with Crippen LogP contribution in [0.4, 0.5) is 21.9 Å².